The minimum absolute atomic E-state index is 0.0225. The number of ether oxygens (including phenoxy) is 2. The molecule has 0 saturated heterocycles. The summed E-state index contributed by atoms with van der Waals surface area (Å²) in [4.78, 5) is 10.5. The van der Waals surface area contributed by atoms with Gasteiger partial charge in [-0.25, -0.2) is 4.79 Å². The molecule has 0 aromatic heterocycles. The second-order valence-corrected chi connectivity index (χ2v) is 6.83. The quantitative estimate of drug-likeness (QED) is 0.560. The lowest BCUT2D eigenvalue weighted by Gasteiger charge is -2.34. The Morgan fingerprint density at radius 2 is 1.87 bits per heavy atom. The first-order valence-corrected chi connectivity index (χ1v) is 6.21. The molecule has 0 unspecified atom stereocenters. The van der Waals surface area contributed by atoms with Gasteiger partial charge in [0, 0.05) is 10.5 Å². The van der Waals surface area contributed by atoms with Gasteiger partial charge in [0.15, 0.2) is 0 Å². The third kappa shape index (κ3) is 5.20. The maximum Gasteiger partial charge on any atom is 0.507 e. The number of hydrogen-bond acceptors (Lipinski definition) is 3. The van der Waals surface area contributed by atoms with E-state index in [0.717, 1.165) is 0 Å². The van der Waals surface area contributed by atoms with Crippen LogP contribution in [0.3, 0.4) is 0 Å². The highest BCUT2D eigenvalue weighted by Crippen LogP contribution is 2.62. The summed E-state index contributed by atoms with van der Waals surface area (Å²) in [5.41, 5.74) is 0. The minimum atomic E-state index is -3.63. The van der Waals surface area contributed by atoms with Gasteiger partial charge in [0.2, 0.25) is 0 Å². The van der Waals surface area contributed by atoms with Crippen molar-refractivity contribution in [1.82, 2.24) is 0 Å². The molecular formula is C9H18F2O3S. The molecule has 0 N–H and O–H groups in total. The Labute approximate surface area is 91.0 Å². The lowest BCUT2D eigenvalue weighted by atomic mass is 10.3. The van der Waals surface area contributed by atoms with Crippen molar-refractivity contribution in [3.8, 4) is 0 Å². The lowest BCUT2D eigenvalue weighted by molar-refractivity contribution is 0.0729. The smallest absolute Gasteiger partial charge is 0.438 e. The van der Waals surface area contributed by atoms with Crippen LogP contribution < -0.4 is 0 Å². The van der Waals surface area contributed by atoms with Crippen molar-refractivity contribution in [2.45, 2.75) is 31.9 Å². The van der Waals surface area contributed by atoms with Gasteiger partial charge in [-0.15, -0.1) is 0 Å². The second-order valence-electron chi connectivity index (χ2n) is 4.05. The van der Waals surface area contributed by atoms with Crippen molar-refractivity contribution in [1.29, 1.82) is 0 Å². The Balaban J connectivity index is 3.82. The van der Waals surface area contributed by atoms with Crippen molar-refractivity contribution < 1.29 is 22.0 Å². The molecule has 0 amide bonds. The van der Waals surface area contributed by atoms with Gasteiger partial charge < -0.3 is 9.47 Å². The van der Waals surface area contributed by atoms with E-state index in [4.69, 9.17) is 0 Å². The summed E-state index contributed by atoms with van der Waals surface area (Å²) in [5.74, 6) is -0.215. The average molecular weight is 244 g/mol. The van der Waals surface area contributed by atoms with Crippen LogP contribution in [0.1, 0.15) is 27.2 Å². The fourth-order valence-electron chi connectivity index (χ4n) is 0.761. The molecule has 6 heteroatoms. The van der Waals surface area contributed by atoms with Gasteiger partial charge in [0.25, 0.3) is 0 Å². The zero-order valence-corrected chi connectivity index (χ0v) is 10.3. The Kier molecular flexibility index (Phi) is 5.34. The van der Waals surface area contributed by atoms with Gasteiger partial charge in [-0.2, -0.15) is 7.77 Å². The predicted molar refractivity (Wildman–Crippen MR) is 57.4 cm³/mol. The maximum absolute atomic E-state index is 13.4. The first-order valence-electron chi connectivity index (χ1n) is 4.61. The normalized spacial score (nSPS) is 13.5. The summed E-state index contributed by atoms with van der Waals surface area (Å²) in [6, 6.07) is 0. The molecule has 0 aliphatic heterocycles. The highest BCUT2D eigenvalue weighted by molar-refractivity contribution is 8.26. The molecule has 0 aliphatic carbocycles. The van der Waals surface area contributed by atoms with Crippen LogP contribution in [-0.2, 0) is 9.47 Å². The maximum atomic E-state index is 13.4. The molecule has 3 nitrogen and oxygen atoms in total. The molecule has 0 bridgehead atoms. The van der Waals surface area contributed by atoms with Crippen LogP contribution in [-0.4, -0.2) is 30.4 Å². The van der Waals surface area contributed by atoms with E-state index >= 15 is 0 Å². The van der Waals surface area contributed by atoms with E-state index in [9.17, 15) is 12.6 Å². The zero-order valence-electron chi connectivity index (χ0n) is 9.51. The molecule has 15 heavy (non-hydrogen) atoms. The SMILES string of the molecule is COC(=O)OCCCS(F)(F)C(C)(C)C. The number of hydrogen-bond donors (Lipinski definition) is 0. The second kappa shape index (κ2) is 5.53. The summed E-state index contributed by atoms with van der Waals surface area (Å²) in [7, 11) is -2.46. The molecular weight excluding hydrogens is 226 g/mol. The lowest BCUT2D eigenvalue weighted by Crippen LogP contribution is -2.21. The molecule has 0 heterocycles. The van der Waals surface area contributed by atoms with Crippen LogP contribution in [0.4, 0.5) is 12.6 Å². The molecule has 0 atom stereocenters. The van der Waals surface area contributed by atoms with E-state index in [0.29, 0.717) is 0 Å². The predicted octanol–water partition coefficient (Wildman–Crippen LogP) is 3.53. The monoisotopic (exact) mass is 244 g/mol. The van der Waals surface area contributed by atoms with Crippen molar-refractivity contribution >= 4 is 17.0 Å². The van der Waals surface area contributed by atoms with Crippen LogP contribution in [0.5, 0.6) is 0 Å². The number of methoxy groups -OCH3 is 1. The standard InChI is InChI=1S/C9H18F2O3S/c1-9(2,3)15(10,11)7-5-6-14-8(12)13-4/h5-7H2,1-4H3. The van der Waals surface area contributed by atoms with Crippen molar-refractivity contribution in [2.24, 2.45) is 0 Å². The third-order valence-electron chi connectivity index (χ3n) is 1.83. The van der Waals surface area contributed by atoms with Gasteiger partial charge in [-0.05, 0) is 27.2 Å². The van der Waals surface area contributed by atoms with E-state index < -0.39 is 21.7 Å². The zero-order chi connectivity index (χ0) is 12.1. The van der Waals surface area contributed by atoms with Gasteiger partial charge >= 0.3 is 6.16 Å². The summed E-state index contributed by atoms with van der Waals surface area (Å²) in [5, 5.41) is 0. The molecule has 0 radical (unpaired) electrons. The van der Waals surface area contributed by atoms with Crippen LogP contribution in [0.2, 0.25) is 0 Å². The van der Waals surface area contributed by atoms with Crippen molar-refractivity contribution in [2.75, 3.05) is 19.5 Å². The molecule has 0 aromatic carbocycles. The number of rotatable bonds is 4. The number of halogens is 2. The highest BCUT2D eigenvalue weighted by Gasteiger charge is 2.36. The fourth-order valence-corrected chi connectivity index (χ4v) is 1.85. The van der Waals surface area contributed by atoms with E-state index in [1.165, 1.54) is 27.9 Å². The van der Waals surface area contributed by atoms with Crippen molar-refractivity contribution in [3.63, 3.8) is 0 Å². The van der Waals surface area contributed by atoms with Crippen LogP contribution in [0.25, 0.3) is 0 Å². The van der Waals surface area contributed by atoms with Crippen LogP contribution >= 0.6 is 10.8 Å². The number of carbonyl (C=O) groups excluding carboxylic acids is 1. The third-order valence-corrected chi connectivity index (χ3v) is 4.42. The molecule has 0 aliphatic rings. The Morgan fingerprint density at radius 3 is 2.27 bits per heavy atom. The van der Waals surface area contributed by atoms with Crippen LogP contribution in [0, 0.1) is 0 Å². The van der Waals surface area contributed by atoms with Gasteiger partial charge in [0.1, 0.15) is 0 Å². The van der Waals surface area contributed by atoms with Gasteiger partial charge in [-0.1, -0.05) is 0 Å². The highest BCUT2D eigenvalue weighted by atomic mass is 32.3. The molecule has 92 valence electrons. The van der Waals surface area contributed by atoms with E-state index in [-0.39, 0.29) is 18.8 Å². The largest absolute Gasteiger partial charge is 0.507 e. The first kappa shape index (κ1) is 14.5. The Morgan fingerprint density at radius 1 is 1.33 bits per heavy atom. The number of carbonyl (C=O) groups is 1. The molecule has 0 fully saturated rings. The first-order chi connectivity index (χ1) is 6.70. The van der Waals surface area contributed by atoms with E-state index in [1.54, 1.807) is 0 Å². The molecule has 0 rings (SSSR count). The van der Waals surface area contributed by atoms with Gasteiger partial charge in [-0.3, -0.25) is 0 Å². The summed E-state index contributed by atoms with van der Waals surface area (Å²) < 4.78 is 34.6. The van der Waals surface area contributed by atoms with E-state index in [2.05, 4.69) is 9.47 Å². The summed E-state index contributed by atoms with van der Waals surface area (Å²) in [6.45, 7) is 4.53. The fraction of sp³-hybridized carbons (Fsp3) is 0.889. The minimum Gasteiger partial charge on any atom is -0.438 e. The average Bonchev–Trinajstić information content (AvgIpc) is 2.10. The Bertz CT molecular complexity index is 214. The topological polar surface area (TPSA) is 35.5 Å². The molecule has 0 saturated carbocycles. The summed E-state index contributed by atoms with van der Waals surface area (Å²) >= 11 is 0. The molecule has 0 spiro atoms. The van der Waals surface area contributed by atoms with Crippen LogP contribution in [0.15, 0.2) is 0 Å². The van der Waals surface area contributed by atoms with Gasteiger partial charge in [0.05, 0.1) is 24.5 Å². The summed E-state index contributed by atoms with van der Waals surface area (Å²) in [6.07, 6.45) is -0.668. The Hall–Kier alpha value is -0.520. The van der Waals surface area contributed by atoms with E-state index in [1.807, 2.05) is 0 Å². The molecule has 0 aromatic rings. The van der Waals surface area contributed by atoms with Crippen molar-refractivity contribution in [3.05, 3.63) is 0 Å².